The lowest BCUT2D eigenvalue weighted by atomic mass is 9.84. The van der Waals surface area contributed by atoms with Crippen LogP contribution in [-0.4, -0.2) is 13.3 Å². The summed E-state index contributed by atoms with van der Waals surface area (Å²) in [4.78, 5) is 12.6. The lowest BCUT2D eigenvalue weighted by molar-refractivity contribution is -0.104. The van der Waals surface area contributed by atoms with Crippen molar-refractivity contribution in [1.82, 2.24) is 0 Å². The van der Waals surface area contributed by atoms with Crippen molar-refractivity contribution in [3.63, 3.8) is 0 Å². The minimum atomic E-state index is -0.00202. The topological polar surface area (TPSA) is 20.3 Å². The highest BCUT2D eigenvalue weighted by Crippen LogP contribution is 2.46. The van der Waals surface area contributed by atoms with Crippen LogP contribution in [0.25, 0.3) is 0 Å². The Kier molecular flexibility index (Phi) is 3.93. The van der Waals surface area contributed by atoms with Crippen LogP contribution in [0.2, 0.25) is 0 Å². The summed E-state index contributed by atoms with van der Waals surface area (Å²) in [5, 5.41) is 0. The molecular formula is C18H21NO. The van der Waals surface area contributed by atoms with Crippen molar-refractivity contribution in [3.8, 4) is 0 Å². The number of benzene rings is 1. The van der Waals surface area contributed by atoms with Gasteiger partial charge in [-0.15, -0.1) is 0 Å². The predicted molar refractivity (Wildman–Crippen MR) is 84.9 cm³/mol. The molecule has 1 aromatic rings. The molecule has 0 saturated heterocycles. The van der Waals surface area contributed by atoms with Crippen molar-refractivity contribution in [2.75, 3.05) is 11.9 Å². The summed E-state index contributed by atoms with van der Waals surface area (Å²) < 4.78 is 0. The molecule has 0 spiro atoms. The Morgan fingerprint density at radius 3 is 2.60 bits per heavy atom. The standard InChI is InChI=1S/C18H21NO/c1-14(12-13-20)8-7-11-17-18(2,3)15-9-5-6-10-16(15)19(17)4/h5-13H,1-4H3/b8-7+,14-12+,17-11+. The van der Waals surface area contributed by atoms with Crippen molar-refractivity contribution in [2.24, 2.45) is 0 Å². The molecule has 104 valence electrons. The molecular weight excluding hydrogens is 246 g/mol. The SMILES string of the molecule is CC(/C=C/C=C1/N(C)c2ccccc2C1(C)C)=C\C=O. The quantitative estimate of drug-likeness (QED) is 0.469. The molecule has 0 saturated carbocycles. The minimum Gasteiger partial charge on any atom is -0.347 e. The Morgan fingerprint density at radius 1 is 1.25 bits per heavy atom. The molecule has 1 heterocycles. The van der Waals surface area contributed by atoms with Gasteiger partial charge < -0.3 is 4.90 Å². The fourth-order valence-corrected chi connectivity index (χ4v) is 2.76. The average Bonchev–Trinajstić information content (AvgIpc) is 2.61. The van der Waals surface area contributed by atoms with Crippen LogP contribution in [-0.2, 0) is 10.2 Å². The molecule has 1 aliphatic rings. The number of hydrogen-bond donors (Lipinski definition) is 0. The van der Waals surface area contributed by atoms with Gasteiger partial charge in [0.25, 0.3) is 0 Å². The van der Waals surface area contributed by atoms with Gasteiger partial charge in [0, 0.05) is 23.8 Å². The highest BCUT2D eigenvalue weighted by atomic mass is 16.1. The molecule has 0 aromatic heterocycles. The number of aldehydes is 1. The Hall–Kier alpha value is -2.09. The molecule has 0 amide bonds. The van der Waals surface area contributed by atoms with Gasteiger partial charge in [0.1, 0.15) is 6.29 Å². The maximum atomic E-state index is 10.4. The summed E-state index contributed by atoms with van der Waals surface area (Å²) in [6.45, 7) is 6.40. The second-order valence-corrected chi connectivity index (χ2v) is 5.66. The van der Waals surface area contributed by atoms with Crippen LogP contribution >= 0.6 is 0 Å². The van der Waals surface area contributed by atoms with E-state index in [0.29, 0.717) is 0 Å². The van der Waals surface area contributed by atoms with E-state index in [2.05, 4.69) is 56.1 Å². The first kappa shape index (κ1) is 14.3. The summed E-state index contributed by atoms with van der Waals surface area (Å²) in [6.07, 6.45) is 8.47. The van der Waals surface area contributed by atoms with Crippen LogP contribution < -0.4 is 4.90 Å². The minimum absolute atomic E-state index is 0.00202. The summed E-state index contributed by atoms with van der Waals surface area (Å²) in [5.41, 5.74) is 4.82. The van der Waals surface area contributed by atoms with E-state index in [9.17, 15) is 4.79 Å². The van der Waals surface area contributed by atoms with E-state index in [1.165, 1.54) is 16.9 Å². The molecule has 0 fully saturated rings. The maximum Gasteiger partial charge on any atom is 0.143 e. The van der Waals surface area contributed by atoms with Gasteiger partial charge >= 0.3 is 0 Å². The molecule has 0 N–H and O–H groups in total. The van der Waals surface area contributed by atoms with Crippen LogP contribution in [0.15, 0.2) is 59.8 Å². The molecule has 2 heteroatoms. The van der Waals surface area contributed by atoms with E-state index in [1.54, 1.807) is 6.08 Å². The second-order valence-electron chi connectivity index (χ2n) is 5.66. The van der Waals surface area contributed by atoms with E-state index in [-0.39, 0.29) is 5.41 Å². The molecule has 0 atom stereocenters. The number of allylic oxidation sites excluding steroid dienone is 6. The number of nitrogens with zero attached hydrogens (tertiary/aromatic N) is 1. The van der Waals surface area contributed by atoms with Crippen LogP contribution in [0.1, 0.15) is 26.3 Å². The third kappa shape index (κ3) is 2.46. The van der Waals surface area contributed by atoms with Crippen molar-refractivity contribution >= 4 is 12.0 Å². The maximum absolute atomic E-state index is 10.4. The Labute approximate surface area is 121 Å². The monoisotopic (exact) mass is 267 g/mol. The number of carbonyl (C=O) groups excluding carboxylic acids is 1. The number of carbonyl (C=O) groups is 1. The van der Waals surface area contributed by atoms with Crippen molar-refractivity contribution in [1.29, 1.82) is 0 Å². The zero-order chi connectivity index (χ0) is 14.8. The first-order chi connectivity index (χ1) is 9.48. The molecule has 2 rings (SSSR count). The fourth-order valence-electron chi connectivity index (χ4n) is 2.76. The van der Waals surface area contributed by atoms with Crippen LogP contribution in [0, 0.1) is 0 Å². The summed E-state index contributed by atoms with van der Waals surface area (Å²) in [5.74, 6) is 0. The van der Waals surface area contributed by atoms with Crippen molar-refractivity contribution in [3.05, 3.63) is 65.4 Å². The number of hydrogen-bond acceptors (Lipinski definition) is 2. The number of rotatable bonds is 3. The van der Waals surface area contributed by atoms with Gasteiger partial charge in [0.05, 0.1) is 0 Å². The number of anilines is 1. The lowest BCUT2D eigenvalue weighted by Gasteiger charge is -2.23. The Balaban J connectivity index is 2.35. The largest absolute Gasteiger partial charge is 0.347 e. The van der Waals surface area contributed by atoms with Gasteiger partial charge in [-0.25, -0.2) is 0 Å². The van der Waals surface area contributed by atoms with Gasteiger partial charge in [0.2, 0.25) is 0 Å². The van der Waals surface area contributed by atoms with Crippen LogP contribution in [0.5, 0.6) is 0 Å². The van der Waals surface area contributed by atoms with Gasteiger partial charge in [-0.3, -0.25) is 4.79 Å². The zero-order valence-electron chi connectivity index (χ0n) is 12.6. The Morgan fingerprint density at radius 2 is 1.95 bits per heavy atom. The first-order valence-electron chi connectivity index (χ1n) is 6.82. The highest BCUT2D eigenvalue weighted by Gasteiger charge is 2.37. The zero-order valence-corrected chi connectivity index (χ0v) is 12.6. The van der Waals surface area contributed by atoms with E-state index in [0.717, 1.165) is 11.9 Å². The average molecular weight is 267 g/mol. The van der Waals surface area contributed by atoms with Gasteiger partial charge in [-0.1, -0.05) is 44.2 Å². The molecule has 1 aromatic carbocycles. The third-order valence-electron chi connectivity index (χ3n) is 3.88. The van der Waals surface area contributed by atoms with E-state index < -0.39 is 0 Å². The number of likely N-dealkylation sites (N-methyl/N-ethyl adjacent to an activating group) is 1. The molecule has 20 heavy (non-hydrogen) atoms. The van der Waals surface area contributed by atoms with E-state index in [1.807, 2.05) is 19.1 Å². The summed E-state index contributed by atoms with van der Waals surface area (Å²) >= 11 is 0. The van der Waals surface area contributed by atoms with Crippen LogP contribution in [0.4, 0.5) is 5.69 Å². The van der Waals surface area contributed by atoms with Gasteiger partial charge in [-0.05, 0) is 36.3 Å². The number of para-hydroxylation sites is 1. The molecule has 0 bridgehead atoms. The van der Waals surface area contributed by atoms with Crippen molar-refractivity contribution < 1.29 is 4.79 Å². The van der Waals surface area contributed by atoms with Crippen LogP contribution in [0.3, 0.4) is 0 Å². The molecule has 2 nitrogen and oxygen atoms in total. The third-order valence-corrected chi connectivity index (χ3v) is 3.88. The number of fused-ring (bicyclic) bond motifs is 1. The smallest absolute Gasteiger partial charge is 0.143 e. The molecule has 0 radical (unpaired) electrons. The van der Waals surface area contributed by atoms with E-state index in [4.69, 9.17) is 0 Å². The van der Waals surface area contributed by atoms with E-state index >= 15 is 0 Å². The lowest BCUT2D eigenvalue weighted by Crippen LogP contribution is -2.22. The second kappa shape index (κ2) is 5.49. The fraction of sp³-hybridized carbons (Fsp3) is 0.278. The predicted octanol–water partition coefficient (Wildman–Crippen LogP) is 4.00. The molecule has 0 unspecified atom stereocenters. The Bertz CT molecular complexity index is 606. The summed E-state index contributed by atoms with van der Waals surface area (Å²) in [7, 11) is 2.10. The van der Waals surface area contributed by atoms with Gasteiger partial charge in [-0.2, -0.15) is 0 Å². The first-order valence-corrected chi connectivity index (χ1v) is 6.82. The normalized spacial score (nSPS) is 19.7. The van der Waals surface area contributed by atoms with Gasteiger partial charge in [0.15, 0.2) is 0 Å². The summed E-state index contributed by atoms with van der Waals surface area (Å²) in [6, 6.07) is 8.50. The highest BCUT2D eigenvalue weighted by molar-refractivity contribution is 5.70. The molecule has 0 aliphatic carbocycles. The van der Waals surface area contributed by atoms with Crippen molar-refractivity contribution in [2.45, 2.75) is 26.2 Å². The molecule has 1 aliphatic heterocycles.